The predicted octanol–water partition coefficient (Wildman–Crippen LogP) is 3.40. The van der Waals surface area contributed by atoms with E-state index in [1.54, 1.807) is 24.5 Å². The Kier molecular flexibility index (Phi) is 10.5. The molecule has 0 aromatic carbocycles. The minimum atomic E-state index is -1.12. The van der Waals surface area contributed by atoms with E-state index in [-0.39, 0.29) is 13.2 Å². The molecule has 186 valence electrons. The number of anilines is 2. The van der Waals surface area contributed by atoms with Gasteiger partial charge in [0.1, 0.15) is 18.0 Å². The number of fused-ring (bicyclic) bond motifs is 1. The predicted molar refractivity (Wildman–Crippen MR) is 131 cm³/mol. The Hall–Kier alpha value is -2.78. The van der Waals surface area contributed by atoms with E-state index in [1.807, 2.05) is 4.90 Å². The molecule has 0 bridgehead atoms. The number of nitrogens with zero attached hydrogens (tertiary/aromatic N) is 3. The van der Waals surface area contributed by atoms with Gasteiger partial charge in [0.05, 0.1) is 12.3 Å². The lowest BCUT2D eigenvalue weighted by Gasteiger charge is -2.26. The normalized spacial score (nSPS) is 14.8. The molecule has 3 N–H and O–H groups in total. The van der Waals surface area contributed by atoms with Crippen LogP contribution in [-0.2, 0) is 22.4 Å². The summed E-state index contributed by atoms with van der Waals surface area (Å²) in [4.78, 5) is 22.5. The fourth-order valence-electron chi connectivity index (χ4n) is 4.18. The number of rotatable bonds is 15. The van der Waals surface area contributed by atoms with Crippen LogP contribution < -0.4 is 10.6 Å². The number of carboxylic acids is 1. The average molecular weight is 474 g/mol. The monoisotopic (exact) mass is 473 g/mol. The SMILES string of the molecule is COC[C@@H](F)CN(CCCCc1ccc2c(n1)NCCC2)CC[C@H](Nc1cccnc1)C(=O)O. The highest BCUT2D eigenvalue weighted by Gasteiger charge is 2.20. The number of unbranched alkanes of at least 4 members (excludes halogenated alkanes) is 1. The zero-order chi connectivity index (χ0) is 24.2. The van der Waals surface area contributed by atoms with Crippen molar-refractivity contribution in [1.29, 1.82) is 0 Å². The quantitative estimate of drug-likeness (QED) is 0.339. The van der Waals surface area contributed by atoms with Crippen molar-refractivity contribution < 1.29 is 19.0 Å². The fraction of sp³-hybridized carbons (Fsp3) is 0.560. The lowest BCUT2D eigenvalue weighted by Crippen LogP contribution is -2.38. The molecule has 0 saturated heterocycles. The number of hydrogen-bond donors (Lipinski definition) is 3. The van der Waals surface area contributed by atoms with Gasteiger partial charge in [-0.1, -0.05) is 6.07 Å². The minimum Gasteiger partial charge on any atom is -0.480 e. The number of aromatic nitrogens is 2. The molecule has 0 fully saturated rings. The maximum Gasteiger partial charge on any atom is 0.326 e. The molecule has 1 aliphatic heterocycles. The van der Waals surface area contributed by atoms with Crippen molar-refractivity contribution in [3.63, 3.8) is 0 Å². The van der Waals surface area contributed by atoms with Gasteiger partial charge >= 0.3 is 5.97 Å². The molecule has 2 aromatic rings. The Morgan fingerprint density at radius 3 is 2.97 bits per heavy atom. The molecule has 1 aliphatic rings. The van der Waals surface area contributed by atoms with Gasteiger partial charge in [0.15, 0.2) is 0 Å². The summed E-state index contributed by atoms with van der Waals surface area (Å²) in [5.41, 5.74) is 2.99. The number of hydrogen-bond acceptors (Lipinski definition) is 7. The van der Waals surface area contributed by atoms with Crippen LogP contribution in [0.1, 0.15) is 36.9 Å². The molecule has 34 heavy (non-hydrogen) atoms. The number of pyridine rings is 2. The van der Waals surface area contributed by atoms with E-state index in [9.17, 15) is 14.3 Å². The van der Waals surface area contributed by atoms with Crippen LogP contribution in [0.3, 0.4) is 0 Å². The zero-order valence-corrected chi connectivity index (χ0v) is 19.9. The summed E-state index contributed by atoms with van der Waals surface area (Å²) in [5, 5.41) is 16.0. The van der Waals surface area contributed by atoms with Crippen LogP contribution in [0.15, 0.2) is 36.7 Å². The average Bonchev–Trinajstić information content (AvgIpc) is 2.84. The van der Waals surface area contributed by atoms with Crippen LogP contribution in [0.25, 0.3) is 0 Å². The molecule has 9 heteroatoms. The number of carboxylic acid groups (broad SMARTS) is 1. The van der Waals surface area contributed by atoms with Crippen molar-refractivity contribution in [2.24, 2.45) is 0 Å². The van der Waals surface area contributed by atoms with Gasteiger partial charge in [-0.15, -0.1) is 0 Å². The Balaban J connectivity index is 1.50. The van der Waals surface area contributed by atoms with Gasteiger partial charge in [-0.2, -0.15) is 0 Å². The second-order valence-electron chi connectivity index (χ2n) is 8.72. The van der Waals surface area contributed by atoms with E-state index in [1.165, 1.54) is 12.7 Å². The summed E-state index contributed by atoms with van der Waals surface area (Å²) in [6.07, 6.45) is 7.34. The number of nitrogens with one attached hydrogen (secondary N) is 2. The number of methoxy groups -OCH3 is 1. The maximum atomic E-state index is 14.3. The second-order valence-corrected chi connectivity index (χ2v) is 8.72. The smallest absolute Gasteiger partial charge is 0.326 e. The molecular formula is C25H36FN5O3. The molecule has 0 radical (unpaired) electrons. The number of aryl methyl sites for hydroxylation is 2. The summed E-state index contributed by atoms with van der Waals surface area (Å²) in [6, 6.07) is 7.01. The van der Waals surface area contributed by atoms with Crippen molar-refractivity contribution in [1.82, 2.24) is 14.9 Å². The van der Waals surface area contributed by atoms with Crippen LogP contribution in [0, 0.1) is 0 Å². The molecule has 8 nitrogen and oxygen atoms in total. The van der Waals surface area contributed by atoms with Gasteiger partial charge in [-0.25, -0.2) is 14.2 Å². The maximum absolute atomic E-state index is 14.3. The van der Waals surface area contributed by atoms with Crippen molar-refractivity contribution in [3.05, 3.63) is 47.9 Å². The number of carbonyl (C=O) groups is 1. The standard InChI is InChI=1S/C25H36FN5O3/c1-34-18-20(26)17-31(15-11-23(25(32)33)29-22-8-5-12-27-16-22)14-3-2-7-21-10-9-19-6-4-13-28-24(19)30-21/h5,8-10,12,16,20,23,29H,2-4,6-7,11,13-15,17-18H2,1H3,(H,28,30)(H,32,33)/t20-,23-/m0/s1. The highest BCUT2D eigenvalue weighted by atomic mass is 19.1. The van der Waals surface area contributed by atoms with Crippen molar-refractivity contribution in [3.8, 4) is 0 Å². The Morgan fingerprint density at radius 2 is 2.21 bits per heavy atom. The lowest BCUT2D eigenvalue weighted by molar-refractivity contribution is -0.138. The van der Waals surface area contributed by atoms with Crippen LogP contribution in [0.2, 0.25) is 0 Å². The first-order chi connectivity index (χ1) is 16.5. The Bertz CT molecular complexity index is 886. The van der Waals surface area contributed by atoms with Gasteiger partial charge in [0.2, 0.25) is 0 Å². The summed E-state index contributed by atoms with van der Waals surface area (Å²) in [6.45, 7) is 2.37. The van der Waals surface area contributed by atoms with E-state index < -0.39 is 18.2 Å². The first kappa shape index (κ1) is 25.8. The van der Waals surface area contributed by atoms with Gasteiger partial charge in [-0.05, 0) is 68.8 Å². The first-order valence-corrected chi connectivity index (χ1v) is 12.0. The minimum absolute atomic E-state index is 0.0266. The van der Waals surface area contributed by atoms with Crippen molar-refractivity contribution >= 4 is 17.5 Å². The zero-order valence-electron chi connectivity index (χ0n) is 19.9. The molecule has 2 atom stereocenters. The number of aliphatic carboxylic acids is 1. The summed E-state index contributed by atoms with van der Waals surface area (Å²) < 4.78 is 19.2. The Morgan fingerprint density at radius 1 is 1.32 bits per heavy atom. The van der Waals surface area contributed by atoms with Gasteiger partial charge < -0.3 is 25.4 Å². The molecule has 0 saturated carbocycles. The molecule has 3 rings (SSSR count). The third kappa shape index (κ3) is 8.53. The first-order valence-electron chi connectivity index (χ1n) is 12.0. The van der Waals surface area contributed by atoms with Gasteiger partial charge in [0.25, 0.3) is 0 Å². The molecular weight excluding hydrogens is 437 g/mol. The van der Waals surface area contributed by atoms with Crippen LogP contribution in [-0.4, -0.2) is 78.1 Å². The number of ether oxygens (including phenoxy) is 1. The van der Waals surface area contributed by atoms with Gasteiger partial charge in [-0.3, -0.25) is 4.98 Å². The third-order valence-corrected chi connectivity index (χ3v) is 5.95. The second kappa shape index (κ2) is 13.8. The van der Waals surface area contributed by atoms with Crippen LogP contribution in [0.4, 0.5) is 15.9 Å². The van der Waals surface area contributed by atoms with E-state index in [4.69, 9.17) is 9.72 Å². The largest absolute Gasteiger partial charge is 0.480 e. The van der Waals surface area contributed by atoms with E-state index in [0.29, 0.717) is 25.2 Å². The Labute approximate surface area is 200 Å². The molecule has 2 aromatic heterocycles. The molecule has 0 spiro atoms. The van der Waals surface area contributed by atoms with Crippen LogP contribution in [0.5, 0.6) is 0 Å². The third-order valence-electron chi connectivity index (χ3n) is 5.95. The molecule has 0 aliphatic carbocycles. The highest BCUT2D eigenvalue weighted by molar-refractivity contribution is 5.77. The summed E-state index contributed by atoms with van der Waals surface area (Å²) in [5.74, 6) is 0.0654. The van der Waals surface area contributed by atoms with Crippen LogP contribution >= 0.6 is 0 Å². The van der Waals surface area contributed by atoms with Crippen molar-refractivity contribution in [2.45, 2.75) is 50.7 Å². The fourth-order valence-corrected chi connectivity index (χ4v) is 4.18. The summed E-state index contributed by atoms with van der Waals surface area (Å²) in [7, 11) is 1.48. The molecule has 0 unspecified atom stereocenters. The van der Waals surface area contributed by atoms with E-state index >= 15 is 0 Å². The lowest BCUT2D eigenvalue weighted by atomic mass is 10.1. The number of halogens is 1. The van der Waals surface area contributed by atoms with E-state index in [2.05, 4.69) is 27.8 Å². The number of alkyl halides is 1. The molecule has 0 amide bonds. The topological polar surface area (TPSA) is 99.6 Å². The van der Waals surface area contributed by atoms with E-state index in [0.717, 1.165) is 50.2 Å². The van der Waals surface area contributed by atoms with Crippen molar-refractivity contribution in [2.75, 3.05) is 50.5 Å². The molecule has 3 heterocycles. The summed E-state index contributed by atoms with van der Waals surface area (Å²) >= 11 is 0. The van der Waals surface area contributed by atoms with Gasteiger partial charge in [0, 0.05) is 44.8 Å². The highest BCUT2D eigenvalue weighted by Crippen LogP contribution is 2.20.